The molecule has 0 fully saturated rings. The van der Waals surface area contributed by atoms with Gasteiger partial charge >= 0.3 is 6.09 Å². The zero-order chi connectivity index (χ0) is 27.8. The molecule has 2 aromatic carbocycles. The van der Waals surface area contributed by atoms with Crippen LogP contribution in [-0.4, -0.2) is 41.0 Å². The van der Waals surface area contributed by atoms with Crippen molar-refractivity contribution in [1.82, 2.24) is 15.5 Å². The second kappa shape index (κ2) is 13.3. The van der Waals surface area contributed by atoms with Crippen LogP contribution < -0.4 is 10.6 Å². The molecule has 0 aliphatic heterocycles. The number of carbonyl (C=O) groups is 3. The number of hydrogen-bond acceptors (Lipinski definition) is 4. The summed E-state index contributed by atoms with van der Waals surface area (Å²) in [6, 6.07) is 13.8. The van der Waals surface area contributed by atoms with Crippen LogP contribution in [0.25, 0.3) is 0 Å². The van der Waals surface area contributed by atoms with Crippen LogP contribution in [0.5, 0.6) is 0 Å². The molecule has 2 rings (SSSR count). The average molecular weight is 510 g/mol. The summed E-state index contributed by atoms with van der Waals surface area (Å²) in [5.41, 5.74) is 3.03. The zero-order valence-corrected chi connectivity index (χ0v) is 23.6. The molecule has 0 aromatic heterocycles. The maximum atomic E-state index is 14.0. The van der Waals surface area contributed by atoms with E-state index in [0.717, 1.165) is 22.3 Å². The molecule has 7 nitrogen and oxygen atoms in total. The van der Waals surface area contributed by atoms with Crippen molar-refractivity contribution in [3.63, 3.8) is 0 Å². The van der Waals surface area contributed by atoms with Crippen molar-refractivity contribution in [2.45, 2.75) is 86.0 Å². The van der Waals surface area contributed by atoms with E-state index in [1.807, 2.05) is 83.1 Å². The van der Waals surface area contributed by atoms with Crippen LogP contribution in [0.2, 0.25) is 0 Å². The smallest absolute Gasteiger partial charge is 0.408 e. The summed E-state index contributed by atoms with van der Waals surface area (Å²) in [5, 5.41) is 5.78. The van der Waals surface area contributed by atoms with Crippen LogP contribution in [0, 0.1) is 19.8 Å². The maximum Gasteiger partial charge on any atom is 0.408 e. The van der Waals surface area contributed by atoms with E-state index in [-0.39, 0.29) is 17.7 Å². The minimum Gasteiger partial charge on any atom is -0.444 e. The summed E-state index contributed by atoms with van der Waals surface area (Å²) in [6.07, 6.45) is -0.0105. The van der Waals surface area contributed by atoms with Crippen molar-refractivity contribution in [2.75, 3.05) is 6.54 Å². The normalized spacial score (nSPS) is 13.0. The molecular weight excluding hydrogens is 466 g/mol. The Kier molecular flexibility index (Phi) is 10.7. The molecule has 2 N–H and O–H groups in total. The Balaban J connectivity index is 2.46. The number of nitrogens with one attached hydrogen (secondary N) is 2. The molecule has 202 valence electrons. The van der Waals surface area contributed by atoms with Crippen LogP contribution in [-0.2, 0) is 20.9 Å². The molecule has 0 bridgehead atoms. The van der Waals surface area contributed by atoms with Gasteiger partial charge < -0.3 is 20.3 Å². The van der Waals surface area contributed by atoms with Gasteiger partial charge in [-0.15, -0.1) is 0 Å². The van der Waals surface area contributed by atoms with Gasteiger partial charge in [-0.2, -0.15) is 0 Å². The van der Waals surface area contributed by atoms with Crippen LogP contribution in [0.15, 0.2) is 48.5 Å². The van der Waals surface area contributed by atoms with Crippen LogP contribution in [0.1, 0.15) is 76.3 Å². The molecule has 0 radical (unpaired) electrons. The van der Waals surface area contributed by atoms with Gasteiger partial charge in [0.2, 0.25) is 11.8 Å². The quantitative estimate of drug-likeness (QED) is 0.446. The monoisotopic (exact) mass is 509 g/mol. The van der Waals surface area contributed by atoms with Crippen LogP contribution >= 0.6 is 0 Å². The van der Waals surface area contributed by atoms with Gasteiger partial charge in [-0.1, -0.05) is 74.9 Å². The lowest BCUT2D eigenvalue weighted by Gasteiger charge is -2.36. The molecule has 0 aliphatic carbocycles. The largest absolute Gasteiger partial charge is 0.444 e. The standard InChI is InChI=1S/C30H43N3O4/c1-9-17-33(28(35)25(20(2)3)32-29(36)37-30(6,7)8)26(24-16-15-21(4)18-22(24)5)27(34)31-19-23-13-11-10-12-14-23/h10-16,18,20,25-26H,9,17,19H2,1-8H3,(H,31,34)(H,32,36). The lowest BCUT2D eigenvalue weighted by Crippen LogP contribution is -2.55. The maximum absolute atomic E-state index is 14.0. The van der Waals surface area contributed by atoms with Gasteiger partial charge in [0.25, 0.3) is 0 Å². The summed E-state index contributed by atoms with van der Waals surface area (Å²) in [5.74, 6) is -0.800. The summed E-state index contributed by atoms with van der Waals surface area (Å²) in [4.78, 5) is 42.0. The van der Waals surface area contributed by atoms with E-state index in [1.165, 1.54) is 0 Å². The lowest BCUT2D eigenvalue weighted by molar-refractivity contribution is -0.143. The number of aryl methyl sites for hydroxylation is 2. The number of hydrogen-bond donors (Lipinski definition) is 2. The minimum absolute atomic E-state index is 0.216. The van der Waals surface area contributed by atoms with Crippen molar-refractivity contribution >= 4 is 17.9 Å². The van der Waals surface area contributed by atoms with E-state index in [9.17, 15) is 14.4 Å². The molecule has 2 unspecified atom stereocenters. The van der Waals surface area contributed by atoms with Crippen molar-refractivity contribution in [2.24, 2.45) is 5.92 Å². The number of ether oxygens (including phenoxy) is 1. The Labute approximate surface area is 222 Å². The van der Waals surface area contributed by atoms with E-state index in [1.54, 1.807) is 25.7 Å². The highest BCUT2D eigenvalue weighted by molar-refractivity contribution is 5.92. The van der Waals surface area contributed by atoms with Gasteiger partial charge in [0.05, 0.1) is 0 Å². The fraction of sp³-hybridized carbons (Fsp3) is 0.500. The fourth-order valence-corrected chi connectivity index (χ4v) is 4.20. The number of alkyl carbamates (subject to hydrolysis) is 1. The van der Waals surface area contributed by atoms with Crippen LogP contribution in [0.4, 0.5) is 4.79 Å². The van der Waals surface area contributed by atoms with Gasteiger partial charge in [-0.3, -0.25) is 9.59 Å². The van der Waals surface area contributed by atoms with Crippen LogP contribution in [0.3, 0.4) is 0 Å². The zero-order valence-electron chi connectivity index (χ0n) is 23.6. The molecule has 0 heterocycles. The van der Waals surface area contributed by atoms with E-state index >= 15 is 0 Å². The molecule has 37 heavy (non-hydrogen) atoms. The highest BCUT2D eigenvalue weighted by atomic mass is 16.6. The van der Waals surface area contributed by atoms with Crippen molar-refractivity contribution in [1.29, 1.82) is 0 Å². The van der Waals surface area contributed by atoms with Gasteiger partial charge in [0.15, 0.2) is 0 Å². The lowest BCUT2D eigenvalue weighted by atomic mass is 9.95. The first kappa shape index (κ1) is 29.9. The average Bonchev–Trinajstić information content (AvgIpc) is 2.81. The molecule has 7 heteroatoms. The Morgan fingerprint density at radius 2 is 1.65 bits per heavy atom. The van der Waals surface area contributed by atoms with Crippen molar-refractivity contribution in [3.8, 4) is 0 Å². The first-order valence-electron chi connectivity index (χ1n) is 13.0. The van der Waals surface area contributed by atoms with E-state index in [0.29, 0.717) is 19.5 Å². The molecular formula is C30H43N3O4. The summed E-state index contributed by atoms with van der Waals surface area (Å²) in [7, 11) is 0. The number of nitrogens with zero attached hydrogens (tertiary/aromatic N) is 1. The van der Waals surface area contributed by atoms with Gasteiger partial charge in [0.1, 0.15) is 17.7 Å². The van der Waals surface area contributed by atoms with Crippen molar-refractivity contribution in [3.05, 3.63) is 70.8 Å². The second-order valence-electron chi connectivity index (χ2n) is 10.9. The third-order valence-corrected chi connectivity index (χ3v) is 5.94. The molecule has 0 saturated carbocycles. The molecule has 0 aliphatic rings. The molecule has 0 spiro atoms. The van der Waals surface area contributed by atoms with Gasteiger partial charge in [0, 0.05) is 13.1 Å². The Hall–Kier alpha value is -3.35. The van der Waals surface area contributed by atoms with Gasteiger partial charge in [-0.05, 0) is 63.6 Å². The highest BCUT2D eigenvalue weighted by Gasteiger charge is 2.37. The fourth-order valence-electron chi connectivity index (χ4n) is 4.20. The second-order valence-corrected chi connectivity index (χ2v) is 10.9. The molecule has 2 aromatic rings. The first-order valence-corrected chi connectivity index (χ1v) is 13.0. The topological polar surface area (TPSA) is 87.7 Å². The molecule has 3 amide bonds. The number of benzene rings is 2. The Bertz CT molecular complexity index is 1060. The molecule has 2 atom stereocenters. The Morgan fingerprint density at radius 3 is 2.19 bits per heavy atom. The van der Waals surface area contributed by atoms with Crippen molar-refractivity contribution < 1.29 is 19.1 Å². The number of amides is 3. The summed E-state index contributed by atoms with van der Waals surface area (Å²) < 4.78 is 5.42. The number of carbonyl (C=O) groups excluding carboxylic acids is 3. The summed E-state index contributed by atoms with van der Waals surface area (Å²) in [6.45, 7) is 15.7. The van der Waals surface area contributed by atoms with E-state index in [4.69, 9.17) is 4.74 Å². The predicted molar refractivity (Wildman–Crippen MR) is 147 cm³/mol. The SMILES string of the molecule is CCCN(C(=O)C(NC(=O)OC(C)(C)C)C(C)C)C(C(=O)NCc1ccccc1)c1ccc(C)cc1C. The van der Waals surface area contributed by atoms with E-state index in [2.05, 4.69) is 10.6 Å². The highest BCUT2D eigenvalue weighted by Crippen LogP contribution is 2.27. The number of rotatable bonds is 10. The Morgan fingerprint density at radius 1 is 1.00 bits per heavy atom. The first-order chi connectivity index (χ1) is 17.3. The molecule has 0 saturated heterocycles. The van der Waals surface area contributed by atoms with Gasteiger partial charge in [-0.25, -0.2) is 4.79 Å². The third-order valence-electron chi connectivity index (χ3n) is 5.94. The third kappa shape index (κ3) is 8.92. The van der Waals surface area contributed by atoms with E-state index < -0.39 is 23.8 Å². The predicted octanol–water partition coefficient (Wildman–Crippen LogP) is 5.45. The minimum atomic E-state index is -0.850. The summed E-state index contributed by atoms with van der Waals surface area (Å²) >= 11 is 0.